The summed E-state index contributed by atoms with van der Waals surface area (Å²) in [5, 5.41) is 14.7. The van der Waals surface area contributed by atoms with E-state index in [0.29, 0.717) is 51.0 Å². The summed E-state index contributed by atoms with van der Waals surface area (Å²) in [7, 11) is 1.93. The summed E-state index contributed by atoms with van der Waals surface area (Å²) in [5.41, 5.74) is 3.97. The summed E-state index contributed by atoms with van der Waals surface area (Å²) < 4.78 is 18.1. The quantitative estimate of drug-likeness (QED) is 0.272. The van der Waals surface area contributed by atoms with E-state index in [-0.39, 0.29) is 12.2 Å². The van der Waals surface area contributed by atoms with Crippen LogP contribution in [0.5, 0.6) is 17.2 Å². The number of aromatic carboxylic acids is 1. The van der Waals surface area contributed by atoms with E-state index in [1.807, 2.05) is 30.1 Å². The smallest absolute Gasteiger partial charge is 0.335 e. The monoisotopic (exact) mass is 536 g/mol. The first-order valence-corrected chi connectivity index (χ1v) is 12.6. The van der Waals surface area contributed by atoms with E-state index in [2.05, 4.69) is 5.16 Å². The molecule has 37 heavy (non-hydrogen) atoms. The van der Waals surface area contributed by atoms with Crippen LogP contribution in [0.2, 0.25) is 10.0 Å². The molecule has 1 fully saturated rings. The summed E-state index contributed by atoms with van der Waals surface area (Å²) in [6, 6.07) is 15.8. The highest BCUT2D eigenvalue weighted by Crippen LogP contribution is 2.46. The number of carboxylic acids is 1. The fourth-order valence-corrected chi connectivity index (χ4v) is 5.15. The van der Waals surface area contributed by atoms with Crippen LogP contribution in [-0.4, -0.2) is 23.3 Å². The Hall–Kier alpha value is -3.68. The van der Waals surface area contributed by atoms with E-state index in [9.17, 15) is 9.90 Å². The molecule has 0 radical (unpaired) electrons. The third-order valence-electron chi connectivity index (χ3n) is 6.63. The first-order valence-electron chi connectivity index (χ1n) is 11.8. The minimum Gasteiger partial charge on any atom is -0.489 e. The Morgan fingerprint density at radius 3 is 2.62 bits per heavy atom. The topological polar surface area (TPSA) is 85.0 Å². The van der Waals surface area contributed by atoms with Crippen molar-refractivity contribution in [3.8, 4) is 28.5 Å². The van der Waals surface area contributed by atoms with Crippen molar-refractivity contribution in [2.24, 2.45) is 0 Å². The molecule has 1 aromatic heterocycles. The van der Waals surface area contributed by atoms with Crippen molar-refractivity contribution in [2.45, 2.75) is 31.9 Å². The Labute approximate surface area is 223 Å². The Kier molecular flexibility index (Phi) is 5.97. The van der Waals surface area contributed by atoms with Crippen molar-refractivity contribution < 1.29 is 23.9 Å². The van der Waals surface area contributed by atoms with Crippen LogP contribution in [0.25, 0.3) is 11.3 Å². The number of benzene rings is 3. The lowest BCUT2D eigenvalue weighted by Gasteiger charge is -2.18. The molecule has 0 unspecified atom stereocenters. The number of anilines is 1. The maximum atomic E-state index is 11.4. The summed E-state index contributed by atoms with van der Waals surface area (Å²) >= 11 is 12.9. The van der Waals surface area contributed by atoms with E-state index in [0.717, 1.165) is 35.4 Å². The van der Waals surface area contributed by atoms with E-state index in [1.54, 1.807) is 36.4 Å². The number of carboxylic acid groups (broad SMARTS) is 1. The van der Waals surface area contributed by atoms with Gasteiger partial charge in [0.2, 0.25) is 0 Å². The van der Waals surface area contributed by atoms with Gasteiger partial charge in [0.05, 0.1) is 26.9 Å². The van der Waals surface area contributed by atoms with Gasteiger partial charge in [-0.15, -0.1) is 0 Å². The zero-order valence-corrected chi connectivity index (χ0v) is 21.3. The second-order valence-corrected chi connectivity index (χ2v) is 10.1. The van der Waals surface area contributed by atoms with Gasteiger partial charge in [-0.2, -0.15) is 0 Å². The van der Waals surface area contributed by atoms with Crippen LogP contribution in [0.15, 0.2) is 59.1 Å². The van der Waals surface area contributed by atoms with Gasteiger partial charge in [0.15, 0.2) is 5.75 Å². The molecule has 9 heteroatoms. The van der Waals surface area contributed by atoms with Crippen molar-refractivity contribution in [3.05, 3.63) is 87.1 Å². The Morgan fingerprint density at radius 2 is 1.89 bits per heavy atom. The zero-order chi connectivity index (χ0) is 25.7. The molecule has 7 nitrogen and oxygen atoms in total. The van der Waals surface area contributed by atoms with Gasteiger partial charge < -0.3 is 24.0 Å². The molecule has 188 valence electrons. The highest BCUT2D eigenvalue weighted by Gasteiger charge is 2.33. The molecule has 1 N–H and O–H groups in total. The number of rotatable bonds is 6. The molecular formula is C28H22Cl2N2O5. The number of carbonyl (C=O) groups is 1. The zero-order valence-electron chi connectivity index (χ0n) is 19.8. The van der Waals surface area contributed by atoms with Crippen LogP contribution in [0.1, 0.15) is 46.0 Å². The summed E-state index contributed by atoms with van der Waals surface area (Å²) in [6.45, 7) is 0.803. The standard InChI is InChI=1S/C28H22Cl2N2O5/c1-32-13-17-11-18(8-10-23(17)36-24-12-16(28(33)34)7-9-22(24)32)35-14-19-26(31-37-27(19)15-5-6-15)25-20(29)3-2-4-21(25)30/h2-4,7-12,15H,5-6,13-14H2,1H3,(H,33,34). The second kappa shape index (κ2) is 9.32. The highest BCUT2D eigenvalue weighted by atomic mass is 35.5. The number of aromatic nitrogens is 1. The van der Waals surface area contributed by atoms with Crippen molar-refractivity contribution in [2.75, 3.05) is 11.9 Å². The summed E-state index contributed by atoms with van der Waals surface area (Å²) in [6.07, 6.45) is 2.09. The maximum absolute atomic E-state index is 11.4. The average molecular weight is 537 g/mol. The van der Waals surface area contributed by atoms with Gasteiger partial charge in [-0.25, -0.2) is 4.79 Å². The van der Waals surface area contributed by atoms with Crippen LogP contribution >= 0.6 is 23.2 Å². The molecule has 2 aliphatic rings. The molecule has 3 aromatic carbocycles. The molecule has 0 amide bonds. The normalized spacial score (nSPS) is 14.4. The lowest BCUT2D eigenvalue weighted by Crippen LogP contribution is -2.15. The van der Waals surface area contributed by atoms with Crippen molar-refractivity contribution >= 4 is 34.9 Å². The maximum Gasteiger partial charge on any atom is 0.335 e. The predicted molar refractivity (Wildman–Crippen MR) is 140 cm³/mol. The SMILES string of the molecule is CN1Cc2cc(OCc3c(-c4c(Cl)cccc4Cl)noc3C3CC3)ccc2Oc2cc(C(=O)O)ccc21. The third-order valence-corrected chi connectivity index (χ3v) is 7.26. The fourth-order valence-electron chi connectivity index (χ4n) is 4.58. The molecule has 1 aliphatic heterocycles. The Balaban J connectivity index is 1.29. The van der Waals surface area contributed by atoms with Crippen molar-refractivity contribution in [1.82, 2.24) is 5.16 Å². The van der Waals surface area contributed by atoms with E-state index in [1.165, 1.54) is 0 Å². The molecule has 4 aromatic rings. The van der Waals surface area contributed by atoms with Crippen LogP contribution in [0.4, 0.5) is 5.69 Å². The number of fused-ring (bicyclic) bond motifs is 2. The van der Waals surface area contributed by atoms with Crippen molar-refractivity contribution in [1.29, 1.82) is 0 Å². The average Bonchev–Trinajstić information content (AvgIpc) is 3.65. The van der Waals surface area contributed by atoms with Gasteiger partial charge in [0, 0.05) is 30.6 Å². The molecule has 2 heterocycles. The molecule has 0 bridgehead atoms. The largest absolute Gasteiger partial charge is 0.489 e. The van der Waals surface area contributed by atoms with Gasteiger partial charge in [-0.3, -0.25) is 0 Å². The predicted octanol–water partition coefficient (Wildman–Crippen LogP) is 7.55. The number of halogens is 2. The number of ether oxygens (including phenoxy) is 2. The molecule has 0 spiro atoms. The molecule has 0 saturated heterocycles. The van der Waals surface area contributed by atoms with Crippen LogP contribution in [-0.2, 0) is 13.2 Å². The van der Waals surface area contributed by atoms with Gasteiger partial charge >= 0.3 is 5.97 Å². The number of hydrogen-bond donors (Lipinski definition) is 1. The molecule has 6 rings (SSSR count). The molecule has 1 aliphatic carbocycles. The van der Waals surface area contributed by atoms with Crippen molar-refractivity contribution in [3.63, 3.8) is 0 Å². The van der Waals surface area contributed by atoms with Crippen LogP contribution in [0, 0.1) is 0 Å². The van der Waals surface area contributed by atoms with Gasteiger partial charge in [-0.1, -0.05) is 34.4 Å². The minimum atomic E-state index is -1.00. The first kappa shape index (κ1) is 23.7. The molecule has 0 atom stereocenters. The van der Waals surface area contributed by atoms with Gasteiger partial charge in [0.25, 0.3) is 0 Å². The molecule has 1 saturated carbocycles. The second-order valence-electron chi connectivity index (χ2n) is 9.25. The highest BCUT2D eigenvalue weighted by molar-refractivity contribution is 6.39. The Bertz CT molecular complexity index is 1510. The van der Waals surface area contributed by atoms with Crippen LogP contribution in [0.3, 0.4) is 0 Å². The third kappa shape index (κ3) is 4.49. The Morgan fingerprint density at radius 1 is 1.11 bits per heavy atom. The fraction of sp³-hybridized carbons (Fsp3) is 0.214. The minimum absolute atomic E-state index is 0.171. The lowest BCUT2D eigenvalue weighted by molar-refractivity contribution is 0.0696. The summed E-state index contributed by atoms with van der Waals surface area (Å²) in [5.74, 6) is 1.94. The molecular weight excluding hydrogens is 515 g/mol. The van der Waals surface area contributed by atoms with Gasteiger partial charge in [0.1, 0.15) is 29.6 Å². The van der Waals surface area contributed by atoms with E-state index in [4.69, 9.17) is 37.2 Å². The van der Waals surface area contributed by atoms with Gasteiger partial charge in [-0.05, 0) is 61.4 Å². The first-order chi connectivity index (χ1) is 17.9. The van der Waals surface area contributed by atoms with E-state index >= 15 is 0 Å². The number of nitrogens with zero attached hydrogens (tertiary/aromatic N) is 2. The lowest BCUT2D eigenvalue weighted by atomic mass is 10.0. The number of hydrogen-bond acceptors (Lipinski definition) is 6. The van der Waals surface area contributed by atoms with E-state index < -0.39 is 5.97 Å². The van der Waals surface area contributed by atoms with Crippen LogP contribution < -0.4 is 14.4 Å². The summed E-state index contributed by atoms with van der Waals surface area (Å²) in [4.78, 5) is 13.4.